The third-order valence-electron chi connectivity index (χ3n) is 3.75. The molecule has 1 aromatic carbocycles. The Morgan fingerprint density at radius 3 is 2.50 bits per heavy atom. The lowest BCUT2D eigenvalue weighted by atomic mass is 9.99. The molecule has 134 valence electrons. The lowest BCUT2D eigenvalue weighted by Crippen LogP contribution is -2.26. The van der Waals surface area contributed by atoms with Gasteiger partial charge in [0, 0.05) is 24.4 Å². The van der Waals surface area contributed by atoms with Crippen molar-refractivity contribution in [2.45, 2.75) is 18.9 Å². The van der Waals surface area contributed by atoms with Crippen LogP contribution in [0.1, 0.15) is 23.8 Å². The van der Waals surface area contributed by atoms with Gasteiger partial charge in [-0.15, -0.1) is 10.2 Å². The summed E-state index contributed by atoms with van der Waals surface area (Å²) in [6.07, 6.45) is -1.54. The molecule has 3 rings (SSSR count). The molecule has 1 unspecified atom stereocenters. The summed E-state index contributed by atoms with van der Waals surface area (Å²) in [6, 6.07) is 11.1. The van der Waals surface area contributed by atoms with Gasteiger partial charge in [-0.25, -0.2) is 0 Å². The number of rotatable bonds is 6. The van der Waals surface area contributed by atoms with Crippen molar-refractivity contribution in [3.8, 4) is 11.5 Å². The molecule has 0 spiro atoms. The highest BCUT2D eigenvalue weighted by atomic mass is 19.3. The first kappa shape index (κ1) is 17.5. The second kappa shape index (κ2) is 7.26. The SMILES string of the molecule is O=C(O)C(Cn1ccc(-c2nnc(C(F)F)o2)cc1=O)c1ccccc1. The van der Waals surface area contributed by atoms with E-state index in [1.807, 2.05) is 0 Å². The fourth-order valence-corrected chi connectivity index (χ4v) is 2.44. The van der Waals surface area contributed by atoms with E-state index in [1.54, 1.807) is 30.3 Å². The third kappa shape index (κ3) is 3.66. The second-order valence-corrected chi connectivity index (χ2v) is 5.45. The molecule has 26 heavy (non-hydrogen) atoms. The van der Waals surface area contributed by atoms with Gasteiger partial charge in [0.05, 0.1) is 5.92 Å². The molecule has 0 bridgehead atoms. The zero-order valence-electron chi connectivity index (χ0n) is 13.3. The standard InChI is InChI=1S/C17H13F2N3O4/c18-14(19)16-21-20-15(26-16)11-6-7-22(13(23)8-11)9-12(17(24)25)10-4-2-1-3-5-10/h1-8,12,14H,9H2,(H,24,25). The third-order valence-corrected chi connectivity index (χ3v) is 3.75. The van der Waals surface area contributed by atoms with Gasteiger partial charge in [-0.3, -0.25) is 9.59 Å². The number of carboxylic acids is 1. The number of aliphatic carboxylic acids is 1. The van der Waals surface area contributed by atoms with Crippen LogP contribution in [0.5, 0.6) is 0 Å². The highest BCUT2D eigenvalue weighted by molar-refractivity contribution is 5.76. The Labute approximate surface area is 145 Å². The van der Waals surface area contributed by atoms with Crippen molar-refractivity contribution in [3.05, 3.63) is 70.5 Å². The van der Waals surface area contributed by atoms with Gasteiger partial charge >= 0.3 is 12.4 Å². The molecule has 1 atom stereocenters. The van der Waals surface area contributed by atoms with E-state index in [9.17, 15) is 23.5 Å². The number of carboxylic acid groups (broad SMARTS) is 1. The van der Waals surface area contributed by atoms with Crippen molar-refractivity contribution in [2.75, 3.05) is 0 Å². The molecular weight excluding hydrogens is 348 g/mol. The zero-order valence-corrected chi connectivity index (χ0v) is 13.3. The van der Waals surface area contributed by atoms with Crippen molar-refractivity contribution < 1.29 is 23.1 Å². The van der Waals surface area contributed by atoms with E-state index in [2.05, 4.69) is 10.2 Å². The highest BCUT2D eigenvalue weighted by Crippen LogP contribution is 2.23. The minimum absolute atomic E-state index is 0.0788. The van der Waals surface area contributed by atoms with Crippen LogP contribution in [0.25, 0.3) is 11.5 Å². The first-order valence-electron chi connectivity index (χ1n) is 7.56. The Kier molecular flexibility index (Phi) is 4.87. The number of carbonyl (C=O) groups is 1. The van der Waals surface area contributed by atoms with Gasteiger partial charge in [0.25, 0.3) is 11.4 Å². The van der Waals surface area contributed by atoms with E-state index in [4.69, 9.17) is 4.42 Å². The van der Waals surface area contributed by atoms with Gasteiger partial charge in [-0.2, -0.15) is 8.78 Å². The van der Waals surface area contributed by atoms with Crippen LogP contribution in [0.3, 0.4) is 0 Å². The molecule has 0 aliphatic rings. The topological polar surface area (TPSA) is 98.2 Å². The maximum atomic E-state index is 12.5. The number of benzene rings is 1. The van der Waals surface area contributed by atoms with Crippen molar-refractivity contribution in [1.29, 1.82) is 0 Å². The molecule has 2 aromatic heterocycles. The maximum Gasteiger partial charge on any atom is 0.314 e. The molecule has 0 radical (unpaired) electrons. The number of hydrogen-bond acceptors (Lipinski definition) is 5. The molecule has 3 aromatic rings. The van der Waals surface area contributed by atoms with E-state index in [0.29, 0.717) is 5.56 Å². The van der Waals surface area contributed by atoms with Crippen molar-refractivity contribution in [3.63, 3.8) is 0 Å². The van der Waals surface area contributed by atoms with Crippen LogP contribution in [0.15, 0.2) is 57.9 Å². The number of alkyl halides is 2. The Morgan fingerprint density at radius 2 is 1.92 bits per heavy atom. The summed E-state index contributed by atoms with van der Waals surface area (Å²) in [6.45, 7) is -0.0788. The van der Waals surface area contributed by atoms with E-state index >= 15 is 0 Å². The second-order valence-electron chi connectivity index (χ2n) is 5.45. The van der Waals surface area contributed by atoms with Gasteiger partial charge in [0.15, 0.2) is 0 Å². The van der Waals surface area contributed by atoms with E-state index in [-0.39, 0.29) is 18.0 Å². The average molecular weight is 361 g/mol. The average Bonchev–Trinajstić information content (AvgIpc) is 3.11. The van der Waals surface area contributed by atoms with Crippen LogP contribution in [0, 0.1) is 0 Å². The van der Waals surface area contributed by atoms with Crippen molar-refractivity contribution in [2.24, 2.45) is 0 Å². The Morgan fingerprint density at radius 1 is 1.19 bits per heavy atom. The number of aromatic nitrogens is 3. The van der Waals surface area contributed by atoms with Gasteiger partial charge in [0.1, 0.15) is 0 Å². The number of pyridine rings is 1. The number of nitrogens with zero attached hydrogens (tertiary/aromatic N) is 3. The molecule has 0 saturated carbocycles. The van der Waals surface area contributed by atoms with Crippen molar-refractivity contribution >= 4 is 5.97 Å². The van der Waals surface area contributed by atoms with Gasteiger partial charge in [-0.05, 0) is 11.6 Å². The summed E-state index contributed by atoms with van der Waals surface area (Å²) in [5.74, 6) is -3.01. The molecule has 0 aliphatic heterocycles. The minimum atomic E-state index is -2.90. The minimum Gasteiger partial charge on any atom is -0.481 e. The Balaban J connectivity index is 1.87. The number of hydrogen-bond donors (Lipinski definition) is 1. The van der Waals surface area contributed by atoms with Gasteiger partial charge < -0.3 is 14.1 Å². The van der Waals surface area contributed by atoms with Crippen LogP contribution in [-0.4, -0.2) is 25.8 Å². The highest BCUT2D eigenvalue weighted by Gasteiger charge is 2.21. The molecule has 7 nitrogen and oxygen atoms in total. The Bertz CT molecular complexity index is 969. The fraction of sp³-hybridized carbons (Fsp3) is 0.176. The van der Waals surface area contributed by atoms with Crippen LogP contribution >= 0.6 is 0 Å². The number of halogens is 2. The predicted molar refractivity (Wildman–Crippen MR) is 85.8 cm³/mol. The predicted octanol–water partition coefficient (Wildman–Crippen LogP) is 2.70. The summed E-state index contributed by atoms with van der Waals surface area (Å²) < 4.78 is 31.0. The molecule has 9 heteroatoms. The molecule has 0 saturated heterocycles. The summed E-state index contributed by atoms with van der Waals surface area (Å²) in [7, 11) is 0. The lowest BCUT2D eigenvalue weighted by molar-refractivity contribution is -0.139. The molecule has 1 N–H and O–H groups in total. The summed E-state index contributed by atoms with van der Waals surface area (Å²) in [5.41, 5.74) is 0.230. The smallest absolute Gasteiger partial charge is 0.314 e. The van der Waals surface area contributed by atoms with Gasteiger partial charge in [-0.1, -0.05) is 30.3 Å². The lowest BCUT2D eigenvalue weighted by Gasteiger charge is -2.14. The largest absolute Gasteiger partial charge is 0.481 e. The van der Waals surface area contributed by atoms with Crippen LogP contribution in [0.2, 0.25) is 0 Å². The van der Waals surface area contributed by atoms with Gasteiger partial charge in [0.2, 0.25) is 5.89 Å². The van der Waals surface area contributed by atoms with E-state index in [0.717, 1.165) is 6.07 Å². The first-order valence-corrected chi connectivity index (χ1v) is 7.56. The molecule has 0 amide bonds. The zero-order chi connectivity index (χ0) is 18.7. The molecular formula is C17H13F2N3O4. The quantitative estimate of drug-likeness (QED) is 0.725. The molecule has 2 heterocycles. The normalized spacial score (nSPS) is 12.3. The Hall–Kier alpha value is -3.36. The van der Waals surface area contributed by atoms with Crippen LogP contribution < -0.4 is 5.56 Å². The summed E-state index contributed by atoms with van der Waals surface area (Å²) in [4.78, 5) is 23.8. The first-order chi connectivity index (χ1) is 12.5. The van der Waals surface area contributed by atoms with Crippen LogP contribution in [0.4, 0.5) is 8.78 Å². The van der Waals surface area contributed by atoms with E-state index in [1.165, 1.54) is 16.8 Å². The summed E-state index contributed by atoms with van der Waals surface area (Å²) in [5, 5.41) is 16.1. The molecule has 0 aliphatic carbocycles. The van der Waals surface area contributed by atoms with Crippen LogP contribution in [-0.2, 0) is 11.3 Å². The summed E-state index contributed by atoms with van der Waals surface area (Å²) >= 11 is 0. The van der Waals surface area contributed by atoms with Crippen molar-refractivity contribution in [1.82, 2.24) is 14.8 Å². The fourth-order valence-electron chi connectivity index (χ4n) is 2.44. The van der Waals surface area contributed by atoms with E-state index < -0.39 is 29.8 Å². The monoisotopic (exact) mass is 361 g/mol. The molecule has 0 fully saturated rings. The maximum absolute atomic E-state index is 12.5.